The van der Waals surface area contributed by atoms with Crippen LogP contribution in [0.4, 0.5) is 0 Å². The molecule has 2 aromatic rings. The summed E-state index contributed by atoms with van der Waals surface area (Å²) in [4.78, 5) is 0.390. The van der Waals surface area contributed by atoms with Gasteiger partial charge in [-0.2, -0.15) is 4.31 Å². The van der Waals surface area contributed by atoms with Crippen molar-refractivity contribution in [3.63, 3.8) is 0 Å². The summed E-state index contributed by atoms with van der Waals surface area (Å²) in [5.74, 6) is 0. The highest BCUT2D eigenvalue weighted by Crippen LogP contribution is 2.20. The molecule has 0 N–H and O–H groups in total. The molecule has 0 spiro atoms. The second kappa shape index (κ2) is 7.90. The molecule has 2 aromatic carbocycles. The zero-order valence-corrected chi connectivity index (χ0v) is 17.3. The molecule has 6 nitrogen and oxygen atoms in total. The number of aryl methyl sites for hydroxylation is 2. The highest BCUT2D eigenvalue weighted by atomic mass is 32.2. The van der Waals surface area contributed by atoms with E-state index in [2.05, 4.69) is 0 Å². The summed E-state index contributed by atoms with van der Waals surface area (Å²) in [6, 6.07) is 13.2. The van der Waals surface area contributed by atoms with Crippen LogP contribution in [0.5, 0.6) is 0 Å². The second-order valence-electron chi connectivity index (χ2n) is 6.55. The topological polar surface area (TPSA) is 74.8 Å². The molecular weight excluding hydrogens is 396 g/mol. The standard InChI is InChI=1S/C20H22N2O4S2/c1-17-5-9-19(10-6-17)27(23,24)21-13-3-15-22(16-4-14-21)28(25,26)20-11-7-18(2)8-12-20/h3-14H,15-16H2,1-2H3/b13-3-,14-4-. The molecule has 1 heterocycles. The molecule has 28 heavy (non-hydrogen) atoms. The highest BCUT2D eigenvalue weighted by Gasteiger charge is 2.25. The van der Waals surface area contributed by atoms with E-state index >= 15 is 0 Å². The van der Waals surface area contributed by atoms with Gasteiger partial charge in [-0.05, 0) is 38.1 Å². The molecule has 0 atom stereocenters. The van der Waals surface area contributed by atoms with Crippen molar-refractivity contribution in [3.8, 4) is 0 Å². The van der Waals surface area contributed by atoms with Crippen LogP contribution < -0.4 is 0 Å². The molecule has 0 fully saturated rings. The second-order valence-corrected chi connectivity index (χ2v) is 10.3. The average molecular weight is 419 g/mol. The number of hydrogen-bond donors (Lipinski definition) is 0. The van der Waals surface area contributed by atoms with Crippen molar-refractivity contribution in [3.05, 3.63) is 84.2 Å². The molecular formula is C20H22N2O4S2. The maximum atomic E-state index is 12.8. The molecule has 0 amide bonds. The predicted molar refractivity (Wildman–Crippen MR) is 108 cm³/mol. The highest BCUT2D eigenvalue weighted by molar-refractivity contribution is 7.89. The largest absolute Gasteiger partial charge is 0.267 e. The number of hydrogen-bond acceptors (Lipinski definition) is 4. The monoisotopic (exact) mass is 418 g/mol. The molecule has 3 rings (SSSR count). The lowest BCUT2D eigenvalue weighted by Gasteiger charge is -2.23. The van der Waals surface area contributed by atoms with Gasteiger partial charge in [0, 0.05) is 25.5 Å². The lowest BCUT2D eigenvalue weighted by atomic mass is 10.2. The van der Waals surface area contributed by atoms with E-state index in [1.54, 1.807) is 48.5 Å². The summed E-state index contributed by atoms with van der Waals surface area (Å²) < 4.78 is 53.6. The minimum absolute atomic E-state index is 0.0699. The molecule has 1 aliphatic heterocycles. The van der Waals surface area contributed by atoms with Crippen LogP contribution in [-0.2, 0) is 20.0 Å². The summed E-state index contributed by atoms with van der Waals surface area (Å²) >= 11 is 0. The maximum Gasteiger partial charge on any atom is 0.267 e. The van der Waals surface area contributed by atoms with E-state index in [0.717, 1.165) is 15.4 Å². The molecule has 0 saturated heterocycles. The van der Waals surface area contributed by atoms with Crippen LogP contribution in [0.15, 0.2) is 82.9 Å². The molecule has 0 saturated carbocycles. The van der Waals surface area contributed by atoms with Crippen LogP contribution in [-0.4, -0.2) is 38.5 Å². The Balaban J connectivity index is 1.82. The summed E-state index contributed by atoms with van der Waals surface area (Å²) in [6.45, 7) is 3.91. The smallest absolute Gasteiger partial charge is 0.250 e. The van der Waals surface area contributed by atoms with E-state index in [9.17, 15) is 16.8 Å². The fourth-order valence-corrected chi connectivity index (χ4v) is 5.27. The lowest BCUT2D eigenvalue weighted by molar-refractivity contribution is 0.468. The first-order chi connectivity index (χ1) is 13.2. The van der Waals surface area contributed by atoms with Gasteiger partial charge in [-0.3, -0.25) is 0 Å². The molecule has 148 valence electrons. The van der Waals surface area contributed by atoms with Crippen molar-refractivity contribution >= 4 is 20.0 Å². The van der Waals surface area contributed by atoms with Gasteiger partial charge in [-0.1, -0.05) is 47.5 Å². The predicted octanol–water partition coefficient (Wildman–Crippen LogP) is 3.03. The van der Waals surface area contributed by atoms with Crippen molar-refractivity contribution in [2.45, 2.75) is 23.6 Å². The third kappa shape index (κ3) is 4.19. The maximum absolute atomic E-state index is 12.8. The zero-order chi connectivity index (χ0) is 20.4. The van der Waals surface area contributed by atoms with Gasteiger partial charge in [0.2, 0.25) is 10.0 Å². The minimum Gasteiger partial charge on any atom is -0.250 e. The minimum atomic E-state index is -3.74. The molecule has 1 aliphatic rings. The van der Waals surface area contributed by atoms with Crippen molar-refractivity contribution in [1.29, 1.82) is 0 Å². The van der Waals surface area contributed by atoms with E-state index in [1.807, 2.05) is 13.8 Å². The van der Waals surface area contributed by atoms with Crippen LogP contribution in [0.2, 0.25) is 0 Å². The van der Waals surface area contributed by atoms with Gasteiger partial charge in [0.15, 0.2) is 0 Å². The van der Waals surface area contributed by atoms with Gasteiger partial charge < -0.3 is 0 Å². The molecule has 8 heteroatoms. The molecule has 0 radical (unpaired) electrons. The van der Waals surface area contributed by atoms with Gasteiger partial charge in [0.25, 0.3) is 10.0 Å². The first kappa shape index (κ1) is 20.3. The fourth-order valence-electron chi connectivity index (χ4n) is 2.71. The van der Waals surface area contributed by atoms with Crippen LogP contribution in [0.3, 0.4) is 0 Å². The van der Waals surface area contributed by atoms with Gasteiger partial charge in [0.1, 0.15) is 0 Å². The fraction of sp³-hybridized carbons (Fsp3) is 0.200. The first-order valence-electron chi connectivity index (χ1n) is 8.71. The Hall–Kier alpha value is -2.42. The summed E-state index contributed by atoms with van der Waals surface area (Å²) in [7, 11) is -7.40. The number of sulfonamides is 2. The number of rotatable bonds is 4. The Morgan fingerprint density at radius 1 is 0.643 bits per heavy atom. The Kier molecular flexibility index (Phi) is 5.74. The first-order valence-corrected chi connectivity index (χ1v) is 11.6. The van der Waals surface area contributed by atoms with E-state index in [0.29, 0.717) is 0 Å². The normalized spacial score (nSPS) is 18.3. The van der Waals surface area contributed by atoms with Gasteiger partial charge >= 0.3 is 0 Å². The van der Waals surface area contributed by atoms with Gasteiger partial charge in [-0.25, -0.2) is 21.1 Å². The molecule has 0 bridgehead atoms. The average Bonchev–Trinajstić information content (AvgIpc) is 2.62. The lowest BCUT2D eigenvalue weighted by Crippen LogP contribution is -2.33. The molecule has 0 aromatic heterocycles. The summed E-state index contributed by atoms with van der Waals surface area (Å²) in [6.07, 6.45) is 5.81. The molecule has 0 unspecified atom stereocenters. The Labute approximate surface area is 166 Å². The number of benzene rings is 2. The quantitative estimate of drug-likeness (QED) is 0.765. The van der Waals surface area contributed by atoms with Crippen molar-refractivity contribution in [2.75, 3.05) is 13.1 Å². The summed E-state index contributed by atoms with van der Waals surface area (Å²) in [5, 5.41) is 0. The van der Waals surface area contributed by atoms with Gasteiger partial charge in [-0.15, -0.1) is 0 Å². The van der Waals surface area contributed by atoms with Crippen LogP contribution >= 0.6 is 0 Å². The van der Waals surface area contributed by atoms with E-state index in [-0.39, 0.29) is 22.9 Å². The third-order valence-electron chi connectivity index (χ3n) is 4.38. The van der Waals surface area contributed by atoms with Crippen molar-refractivity contribution < 1.29 is 16.8 Å². The zero-order valence-electron chi connectivity index (χ0n) is 15.7. The Morgan fingerprint density at radius 3 is 1.46 bits per heavy atom. The van der Waals surface area contributed by atoms with E-state index in [1.165, 1.54) is 28.9 Å². The number of nitrogens with zero attached hydrogens (tertiary/aromatic N) is 2. The molecule has 0 aliphatic carbocycles. The van der Waals surface area contributed by atoms with E-state index < -0.39 is 20.0 Å². The SMILES string of the molecule is Cc1ccc(S(=O)(=O)N2/C=C\CN(S(=O)(=O)c3ccc(C)cc3)C/C=C\2)cc1. The van der Waals surface area contributed by atoms with Crippen molar-refractivity contribution in [2.24, 2.45) is 0 Å². The van der Waals surface area contributed by atoms with E-state index in [4.69, 9.17) is 0 Å². The Bertz CT molecular complexity index is 1090. The third-order valence-corrected chi connectivity index (χ3v) is 7.89. The van der Waals surface area contributed by atoms with Crippen molar-refractivity contribution in [1.82, 2.24) is 8.61 Å². The van der Waals surface area contributed by atoms with Crippen LogP contribution in [0.1, 0.15) is 11.1 Å². The van der Waals surface area contributed by atoms with Crippen LogP contribution in [0, 0.1) is 13.8 Å². The van der Waals surface area contributed by atoms with Gasteiger partial charge in [0.05, 0.1) is 9.79 Å². The summed E-state index contributed by atoms with van der Waals surface area (Å²) in [5.41, 5.74) is 1.94. The van der Waals surface area contributed by atoms with Crippen LogP contribution in [0.25, 0.3) is 0 Å². The Morgan fingerprint density at radius 2 is 1.04 bits per heavy atom.